The summed E-state index contributed by atoms with van der Waals surface area (Å²) in [5.41, 5.74) is 1.34. The van der Waals surface area contributed by atoms with Crippen molar-refractivity contribution in [3.05, 3.63) is 21.9 Å². The van der Waals surface area contributed by atoms with Crippen LogP contribution < -0.4 is 10.6 Å². The van der Waals surface area contributed by atoms with E-state index in [-0.39, 0.29) is 23.9 Å². The van der Waals surface area contributed by atoms with E-state index in [1.165, 1.54) is 10.4 Å². The Balaban J connectivity index is 1.57. The molecule has 1 saturated heterocycles. The number of nitrogens with zero attached hydrogens (tertiary/aromatic N) is 1. The van der Waals surface area contributed by atoms with Gasteiger partial charge in [-0.15, -0.1) is 11.3 Å². The van der Waals surface area contributed by atoms with Crippen molar-refractivity contribution in [2.24, 2.45) is 0 Å². The third-order valence-corrected chi connectivity index (χ3v) is 5.62. The summed E-state index contributed by atoms with van der Waals surface area (Å²) in [5, 5.41) is 7.89. The van der Waals surface area contributed by atoms with E-state index in [0.29, 0.717) is 6.54 Å². The SMILES string of the molecule is CC1c2ccsc2CCN1CC(=O)NC1CCCCNC1=O. The number of amides is 2. The van der Waals surface area contributed by atoms with Gasteiger partial charge in [0.1, 0.15) is 6.04 Å². The van der Waals surface area contributed by atoms with E-state index >= 15 is 0 Å². The zero-order valence-electron chi connectivity index (χ0n) is 12.9. The van der Waals surface area contributed by atoms with Crippen LogP contribution >= 0.6 is 11.3 Å². The molecular weight excluding hydrogens is 298 g/mol. The van der Waals surface area contributed by atoms with Crippen molar-refractivity contribution in [3.8, 4) is 0 Å². The number of hydrogen-bond donors (Lipinski definition) is 2. The molecule has 1 aromatic heterocycles. The summed E-state index contributed by atoms with van der Waals surface area (Å²) in [6.45, 7) is 4.13. The van der Waals surface area contributed by atoms with Gasteiger partial charge in [0.2, 0.25) is 11.8 Å². The lowest BCUT2D eigenvalue weighted by Gasteiger charge is -2.33. The molecular formula is C16H23N3O2S. The Bertz CT molecular complexity index is 557. The van der Waals surface area contributed by atoms with Crippen LogP contribution in [0, 0.1) is 0 Å². The monoisotopic (exact) mass is 321 g/mol. The summed E-state index contributed by atoms with van der Waals surface area (Å²) in [7, 11) is 0. The molecule has 0 saturated carbocycles. The van der Waals surface area contributed by atoms with Crippen molar-refractivity contribution in [1.82, 2.24) is 15.5 Å². The molecule has 0 bridgehead atoms. The Morgan fingerprint density at radius 1 is 1.50 bits per heavy atom. The minimum absolute atomic E-state index is 0.0438. The predicted octanol–water partition coefficient (Wildman–Crippen LogP) is 1.45. The molecule has 0 aliphatic carbocycles. The zero-order chi connectivity index (χ0) is 15.5. The smallest absolute Gasteiger partial charge is 0.242 e. The van der Waals surface area contributed by atoms with Crippen molar-refractivity contribution in [3.63, 3.8) is 0 Å². The molecule has 5 nitrogen and oxygen atoms in total. The maximum absolute atomic E-state index is 12.3. The Hall–Kier alpha value is -1.40. The minimum atomic E-state index is -0.369. The molecule has 22 heavy (non-hydrogen) atoms. The van der Waals surface area contributed by atoms with Gasteiger partial charge in [0.05, 0.1) is 6.54 Å². The van der Waals surface area contributed by atoms with Crippen LogP contribution in [0.5, 0.6) is 0 Å². The van der Waals surface area contributed by atoms with Gasteiger partial charge in [-0.1, -0.05) is 0 Å². The van der Waals surface area contributed by atoms with E-state index in [0.717, 1.165) is 38.8 Å². The molecule has 2 atom stereocenters. The quantitative estimate of drug-likeness (QED) is 0.886. The molecule has 2 aliphatic rings. The summed E-state index contributed by atoms with van der Waals surface area (Å²) in [6.07, 6.45) is 3.71. The maximum atomic E-state index is 12.3. The lowest BCUT2D eigenvalue weighted by molar-refractivity contribution is -0.129. The fourth-order valence-electron chi connectivity index (χ4n) is 3.28. The van der Waals surface area contributed by atoms with E-state index < -0.39 is 0 Å². The van der Waals surface area contributed by atoms with Gasteiger partial charge in [0.15, 0.2) is 0 Å². The molecule has 6 heteroatoms. The molecule has 0 spiro atoms. The number of carbonyl (C=O) groups excluding carboxylic acids is 2. The summed E-state index contributed by atoms with van der Waals surface area (Å²) in [4.78, 5) is 27.8. The first-order valence-electron chi connectivity index (χ1n) is 8.02. The second-order valence-corrected chi connectivity index (χ2v) is 7.10. The van der Waals surface area contributed by atoms with Gasteiger partial charge in [-0.3, -0.25) is 14.5 Å². The third kappa shape index (κ3) is 3.33. The van der Waals surface area contributed by atoms with Crippen LogP contribution in [0.1, 0.15) is 42.7 Å². The average Bonchev–Trinajstić information content (AvgIpc) is 2.89. The Morgan fingerprint density at radius 2 is 2.36 bits per heavy atom. The van der Waals surface area contributed by atoms with Gasteiger partial charge in [0, 0.05) is 24.0 Å². The second-order valence-electron chi connectivity index (χ2n) is 6.10. The van der Waals surface area contributed by atoms with Gasteiger partial charge in [-0.25, -0.2) is 0 Å². The first-order valence-corrected chi connectivity index (χ1v) is 8.90. The van der Waals surface area contributed by atoms with E-state index in [1.54, 1.807) is 11.3 Å². The number of rotatable bonds is 3. The van der Waals surface area contributed by atoms with Crippen LogP contribution in [-0.2, 0) is 16.0 Å². The van der Waals surface area contributed by atoms with Gasteiger partial charge < -0.3 is 10.6 Å². The second kappa shape index (κ2) is 6.79. The van der Waals surface area contributed by atoms with E-state index in [4.69, 9.17) is 0 Å². The van der Waals surface area contributed by atoms with Crippen molar-refractivity contribution in [2.45, 2.75) is 44.7 Å². The fourth-order valence-corrected chi connectivity index (χ4v) is 4.24. The summed E-state index contributed by atoms with van der Waals surface area (Å²) >= 11 is 1.80. The highest BCUT2D eigenvalue weighted by Crippen LogP contribution is 2.32. The van der Waals surface area contributed by atoms with Gasteiger partial charge in [-0.2, -0.15) is 0 Å². The third-order valence-electron chi connectivity index (χ3n) is 4.62. The summed E-state index contributed by atoms with van der Waals surface area (Å²) < 4.78 is 0. The normalized spacial score (nSPS) is 26.0. The molecule has 2 unspecified atom stereocenters. The van der Waals surface area contributed by atoms with E-state index in [1.807, 2.05) is 0 Å². The Kier molecular flexibility index (Phi) is 4.78. The minimum Gasteiger partial charge on any atom is -0.354 e. The van der Waals surface area contributed by atoms with Gasteiger partial charge in [0.25, 0.3) is 0 Å². The highest BCUT2D eigenvalue weighted by atomic mass is 32.1. The molecule has 3 rings (SSSR count). The van der Waals surface area contributed by atoms with E-state index in [2.05, 4.69) is 33.9 Å². The molecule has 120 valence electrons. The molecule has 2 N–H and O–H groups in total. The molecule has 1 fully saturated rings. The number of nitrogens with one attached hydrogen (secondary N) is 2. The van der Waals surface area contributed by atoms with E-state index in [9.17, 15) is 9.59 Å². The van der Waals surface area contributed by atoms with Crippen LogP contribution in [0.2, 0.25) is 0 Å². The number of thiophene rings is 1. The highest BCUT2D eigenvalue weighted by molar-refractivity contribution is 7.10. The number of hydrogen-bond acceptors (Lipinski definition) is 4. The standard InChI is InChI=1S/C16H23N3O2S/c1-11-12-6-9-22-14(12)5-8-19(11)10-15(20)18-13-4-2-3-7-17-16(13)21/h6,9,11,13H,2-5,7-8,10H2,1H3,(H,17,21)(H,18,20). The van der Waals surface area contributed by atoms with Crippen molar-refractivity contribution in [2.75, 3.05) is 19.6 Å². The molecule has 0 aromatic carbocycles. The topological polar surface area (TPSA) is 61.4 Å². The fraction of sp³-hybridized carbons (Fsp3) is 0.625. The Morgan fingerprint density at radius 3 is 3.23 bits per heavy atom. The highest BCUT2D eigenvalue weighted by Gasteiger charge is 2.28. The summed E-state index contributed by atoms with van der Waals surface area (Å²) in [6, 6.07) is 2.06. The van der Waals surface area contributed by atoms with Crippen LogP contribution in [0.3, 0.4) is 0 Å². The van der Waals surface area contributed by atoms with Crippen LogP contribution in [0.4, 0.5) is 0 Å². The molecule has 1 aromatic rings. The first-order chi connectivity index (χ1) is 10.6. The molecule has 2 aliphatic heterocycles. The lowest BCUT2D eigenvalue weighted by Crippen LogP contribution is -2.49. The molecule has 3 heterocycles. The van der Waals surface area contributed by atoms with Crippen LogP contribution in [0.15, 0.2) is 11.4 Å². The predicted molar refractivity (Wildman–Crippen MR) is 86.8 cm³/mol. The van der Waals surface area contributed by atoms with Crippen molar-refractivity contribution >= 4 is 23.2 Å². The number of carbonyl (C=O) groups is 2. The van der Waals surface area contributed by atoms with Crippen LogP contribution in [0.25, 0.3) is 0 Å². The van der Waals surface area contributed by atoms with Gasteiger partial charge in [-0.05, 0) is 49.6 Å². The largest absolute Gasteiger partial charge is 0.354 e. The van der Waals surface area contributed by atoms with Crippen molar-refractivity contribution in [1.29, 1.82) is 0 Å². The van der Waals surface area contributed by atoms with Crippen LogP contribution in [-0.4, -0.2) is 42.4 Å². The lowest BCUT2D eigenvalue weighted by atomic mass is 10.0. The average molecular weight is 321 g/mol. The zero-order valence-corrected chi connectivity index (χ0v) is 13.7. The van der Waals surface area contributed by atoms with Crippen molar-refractivity contribution < 1.29 is 9.59 Å². The Labute approximate surface area is 135 Å². The molecule has 2 amide bonds. The van der Waals surface area contributed by atoms with Gasteiger partial charge >= 0.3 is 0 Å². The molecule has 0 radical (unpaired) electrons. The number of fused-ring (bicyclic) bond motifs is 1. The summed E-state index contributed by atoms with van der Waals surface area (Å²) in [5.74, 6) is -0.0924. The first kappa shape index (κ1) is 15.5. The maximum Gasteiger partial charge on any atom is 0.242 e.